The summed E-state index contributed by atoms with van der Waals surface area (Å²) in [6, 6.07) is 0. The van der Waals surface area contributed by atoms with E-state index >= 15 is 0 Å². The van der Waals surface area contributed by atoms with E-state index in [4.69, 9.17) is 5.11 Å². The summed E-state index contributed by atoms with van der Waals surface area (Å²) in [6.07, 6.45) is 2.56. The van der Waals surface area contributed by atoms with E-state index in [2.05, 4.69) is 4.74 Å². The molecule has 0 saturated carbocycles. The van der Waals surface area contributed by atoms with Crippen LogP contribution in [-0.4, -0.2) is 18.3 Å². The van der Waals surface area contributed by atoms with E-state index in [0.29, 0.717) is 0 Å². The second kappa shape index (κ2) is 5.50. The van der Waals surface area contributed by atoms with Gasteiger partial charge in [0.15, 0.2) is 0 Å². The molecule has 2 heteroatoms. The van der Waals surface area contributed by atoms with Crippen LogP contribution in [0.3, 0.4) is 0 Å². The lowest BCUT2D eigenvalue weighted by molar-refractivity contribution is 0.472. The molecule has 0 aromatic carbocycles. The molecule has 42 valence electrons. The molecule has 0 unspecified atom stereocenters. The van der Waals surface area contributed by atoms with Crippen LogP contribution >= 0.6 is 0 Å². The molecule has 0 bridgehead atoms. The van der Waals surface area contributed by atoms with Gasteiger partial charge in [0.25, 0.3) is 0 Å². The predicted molar refractivity (Wildman–Crippen MR) is 28.3 cm³/mol. The fourth-order valence-corrected chi connectivity index (χ4v) is 0. The molecule has 1 saturated heterocycles. The Hall–Kier alpha value is -0.500. The van der Waals surface area contributed by atoms with Crippen molar-refractivity contribution in [3.63, 3.8) is 0 Å². The largest absolute Gasteiger partial charge is 0.516 e. The number of ether oxygens (including phenoxy) is 1. The van der Waals surface area contributed by atoms with Crippen molar-refractivity contribution < 1.29 is 9.84 Å². The van der Waals surface area contributed by atoms with Crippen molar-refractivity contribution in [3.8, 4) is 0 Å². The van der Waals surface area contributed by atoms with E-state index in [-0.39, 0.29) is 0 Å². The Kier molecular flexibility index (Phi) is 5.11. The Balaban J connectivity index is 0.000000105. The SMILES string of the molecule is C1CO1.CC=CO. The van der Waals surface area contributed by atoms with Crippen LogP contribution in [0.5, 0.6) is 0 Å². The smallest absolute Gasteiger partial charge is 0.0748 e. The molecule has 0 aliphatic carbocycles. The topological polar surface area (TPSA) is 32.8 Å². The van der Waals surface area contributed by atoms with Crippen LogP contribution in [0.15, 0.2) is 12.3 Å². The maximum atomic E-state index is 7.69. The molecule has 1 aliphatic rings. The molecular formula is C5H10O2. The summed E-state index contributed by atoms with van der Waals surface area (Å²) in [5.41, 5.74) is 0. The van der Waals surface area contributed by atoms with Crippen molar-refractivity contribution in [2.75, 3.05) is 13.2 Å². The Morgan fingerprint density at radius 3 is 1.86 bits per heavy atom. The van der Waals surface area contributed by atoms with Crippen LogP contribution in [0, 0.1) is 0 Å². The normalized spacial score (nSPS) is 15.6. The molecule has 0 aromatic heterocycles. The van der Waals surface area contributed by atoms with Gasteiger partial charge in [-0.3, -0.25) is 0 Å². The van der Waals surface area contributed by atoms with Gasteiger partial charge in [-0.05, 0) is 6.92 Å². The van der Waals surface area contributed by atoms with E-state index in [9.17, 15) is 0 Å². The van der Waals surface area contributed by atoms with Crippen molar-refractivity contribution in [3.05, 3.63) is 12.3 Å². The third kappa shape index (κ3) is 29.9. The van der Waals surface area contributed by atoms with Gasteiger partial charge in [-0.1, -0.05) is 6.08 Å². The molecule has 1 rings (SSSR count). The molecule has 0 radical (unpaired) electrons. The maximum Gasteiger partial charge on any atom is 0.0748 e. The Morgan fingerprint density at radius 2 is 1.86 bits per heavy atom. The van der Waals surface area contributed by atoms with Gasteiger partial charge in [-0.2, -0.15) is 0 Å². The van der Waals surface area contributed by atoms with E-state index < -0.39 is 0 Å². The first-order valence-electron chi connectivity index (χ1n) is 2.25. The van der Waals surface area contributed by atoms with Crippen LogP contribution in [-0.2, 0) is 4.74 Å². The van der Waals surface area contributed by atoms with Gasteiger partial charge in [0, 0.05) is 0 Å². The molecule has 0 amide bonds. The highest BCUT2D eigenvalue weighted by Crippen LogP contribution is 1.84. The van der Waals surface area contributed by atoms with Crippen molar-refractivity contribution in [1.29, 1.82) is 0 Å². The highest BCUT2D eigenvalue weighted by molar-refractivity contribution is 4.60. The Labute approximate surface area is 43.4 Å². The van der Waals surface area contributed by atoms with Crippen molar-refractivity contribution in [2.24, 2.45) is 0 Å². The van der Waals surface area contributed by atoms with E-state index in [1.54, 1.807) is 13.0 Å². The first-order chi connectivity index (χ1) is 3.41. The number of hydrogen-bond donors (Lipinski definition) is 1. The number of aliphatic hydroxyl groups excluding tert-OH is 1. The fraction of sp³-hybridized carbons (Fsp3) is 0.600. The lowest BCUT2D eigenvalue weighted by atomic mass is 10.8. The van der Waals surface area contributed by atoms with Gasteiger partial charge in [0.05, 0.1) is 19.5 Å². The average Bonchev–Trinajstić information content (AvgIpc) is 2.47. The third-order valence-electron chi connectivity index (χ3n) is 0.353. The lowest BCUT2D eigenvalue weighted by Gasteiger charge is -1.53. The van der Waals surface area contributed by atoms with Gasteiger partial charge in [0.2, 0.25) is 0 Å². The minimum absolute atomic E-state index is 1.00. The zero-order valence-electron chi connectivity index (χ0n) is 4.42. The quantitative estimate of drug-likeness (QED) is 0.367. The van der Waals surface area contributed by atoms with Crippen LogP contribution in [0.1, 0.15) is 6.92 Å². The Morgan fingerprint density at radius 1 is 1.57 bits per heavy atom. The fourth-order valence-electron chi connectivity index (χ4n) is 0. The summed E-state index contributed by atoms with van der Waals surface area (Å²) < 4.78 is 4.50. The molecule has 7 heavy (non-hydrogen) atoms. The predicted octanol–water partition coefficient (Wildman–Crippen LogP) is 1.09. The van der Waals surface area contributed by atoms with Gasteiger partial charge >= 0.3 is 0 Å². The summed E-state index contributed by atoms with van der Waals surface area (Å²) in [6.45, 7) is 3.75. The summed E-state index contributed by atoms with van der Waals surface area (Å²) in [4.78, 5) is 0. The maximum absolute atomic E-state index is 7.69. The Bertz CT molecular complexity index is 41.3. The van der Waals surface area contributed by atoms with Gasteiger partial charge in [-0.15, -0.1) is 0 Å². The molecular weight excluding hydrogens is 92.1 g/mol. The van der Waals surface area contributed by atoms with E-state index in [1.165, 1.54) is 0 Å². The number of epoxide rings is 1. The van der Waals surface area contributed by atoms with Gasteiger partial charge < -0.3 is 9.84 Å². The van der Waals surface area contributed by atoms with Crippen LogP contribution < -0.4 is 0 Å². The van der Waals surface area contributed by atoms with Crippen molar-refractivity contribution in [2.45, 2.75) is 6.92 Å². The standard InChI is InChI=1S/C3H6O.C2H4O/c1-2-3-4;1-2-3-1/h2-4H,1H3;1-2H2. The minimum Gasteiger partial charge on any atom is -0.516 e. The molecule has 0 spiro atoms. The van der Waals surface area contributed by atoms with Crippen molar-refractivity contribution >= 4 is 0 Å². The summed E-state index contributed by atoms with van der Waals surface area (Å²) in [5, 5.41) is 7.69. The third-order valence-corrected chi connectivity index (χ3v) is 0.353. The zero-order chi connectivity index (χ0) is 5.54. The molecule has 0 aromatic rings. The monoisotopic (exact) mass is 102 g/mol. The number of aliphatic hydroxyl groups is 1. The van der Waals surface area contributed by atoms with Crippen LogP contribution in [0.25, 0.3) is 0 Å². The second-order valence-electron chi connectivity index (χ2n) is 1.09. The number of allylic oxidation sites excluding steroid dienone is 1. The molecule has 0 atom stereocenters. The molecule has 1 aliphatic heterocycles. The second-order valence-corrected chi connectivity index (χ2v) is 1.09. The molecule has 1 heterocycles. The van der Waals surface area contributed by atoms with E-state index in [0.717, 1.165) is 19.5 Å². The first kappa shape index (κ1) is 6.50. The van der Waals surface area contributed by atoms with E-state index in [1.807, 2.05) is 0 Å². The van der Waals surface area contributed by atoms with Crippen LogP contribution in [0.4, 0.5) is 0 Å². The minimum atomic E-state index is 1.00. The highest BCUT2D eigenvalue weighted by atomic mass is 16.6. The zero-order valence-corrected chi connectivity index (χ0v) is 4.42. The molecule has 2 nitrogen and oxygen atoms in total. The van der Waals surface area contributed by atoms with Crippen molar-refractivity contribution in [1.82, 2.24) is 0 Å². The first-order valence-corrected chi connectivity index (χ1v) is 2.25. The summed E-state index contributed by atoms with van der Waals surface area (Å²) in [5.74, 6) is 0. The average molecular weight is 102 g/mol. The molecule has 1 fully saturated rings. The highest BCUT2D eigenvalue weighted by Gasteiger charge is 1.94. The number of hydrogen-bond acceptors (Lipinski definition) is 2. The van der Waals surface area contributed by atoms with Crippen LogP contribution in [0.2, 0.25) is 0 Å². The number of rotatable bonds is 0. The van der Waals surface area contributed by atoms with Gasteiger partial charge in [0.1, 0.15) is 0 Å². The van der Waals surface area contributed by atoms with Gasteiger partial charge in [-0.25, -0.2) is 0 Å². The molecule has 1 N–H and O–H groups in total. The summed E-state index contributed by atoms with van der Waals surface area (Å²) >= 11 is 0. The lowest BCUT2D eigenvalue weighted by Crippen LogP contribution is -1.36. The summed E-state index contributed by atoms with van der Waals surface area (Å²) in [7, 11) is 0.